The first-order valence-electron chi connectivity index (χ1n) is 6.93. The Bertz CT molecular complexity index is 859. The molecule has 0 heterocycles. The lowest BCUT2D eigenvalue weighted by Crippen LogP contribution is -2.19. The van der Waals surface area contributed by atoms with Gasteiger partial charge in [-0.15, -0.1) is 0 Å². The van der Waals surface area contributed by atoms with Crippen molar-refractivity contribution >= 4 is 62.8 Å². The van der Waals surface area contributed by atoms with Gasteiger partial charge in [-0.1, -0.05) is 53.0 Å². The van der Waals surface area contributed by atoms with Gasteiger partial charge in [-0.25, -0.2) is 4.79 Å². The quantitative estimate of drug-likeness (QED) is 0.454. The first-order chi connectivity index (χ1) is 12.0. The topological polar surface area (TPSA) is 37.3 Å². The number of benzene rings is 2. The normalized spacial score (nSPS) is 13.2. The van der Waals surface area contributed by atoms with E-state index in [0.29, 0.717) is 5.56 Å². The number of alkyl halides is 3. The Labute approximate surface area is 170 Å². The van der Waals surface area contributed by atoms with Gasteiger partial charge in [0.25, 0.3) is 0 Å². The van der Waals surface area contributed by atoms with Crippen LogP contribution in [0.3, 0.4) is 0 Å². The molecule has 0 aliphatic heterocycles. The van der Waals surface area contributed by atoms with Crippen molar-refractivity contribution in [2.45, 2.75) is 12.1 Å². The van der Waals surface area contributed by atoms with Crippen LogP contribution >= 0.6 is 50.7 Å². The van der Waals surface area contributed by atoms with Crippen LogP contribution < -0.4 is 0 Å². The molecule has 0 unspecified atom stereocenters. The van der Waals surface area contributed by atoms with E-state index in [1.807, 2.05) is 0 Å². The molecule has 0 aromatic heterocycles. The minimum Gasteiger partial charge on any atom is -0.478 e. The van der Waals surface area contributed by atoms with Gasteiger partial charge in [0.2, 0.25) is 0 Å². The van der Waals surface area contributed by atoms with Crippen LogP contribution in [-0.4, -0.2) is 17.3 Å². The van der Waals surface area contributed by atoms with Gasteiger partial charge in [0.15, 0.2) is 0 Å². The number of allylic oxidation sites excluding steroid dienone is 1. The van der Waals surface area contributed by atoms with Crippen LogP contribution in [-0.2, 0) is 0 Å². The summed E-state index contributed by atoms with van der Waals surface area (Å²) in [4.78, 5) is 11.0. The number of halogens is 7. The molecular formula is C17H9BrCl3F3O2. The first-order valence-corrected chi connectivity index (χ1v) is 8.85. The van der Waals surface area contributed by atoms with Crippen molar-refractivity contribution in [3.8, 4) is 0 Å². The standard InChI is InChI=1S/C17H9BrCl3F3O2/c18-12-5-8(1-3-10(12)16(25)26)2-4-11(17(22,23)24)9-6-13(19)15(21)14(20)7-9/h1-7,11H,(H,25,26)/t11-/m0/s1. The van der Waals surface area contributed by atoms with Crippen LogP contribution in [0.1, 0.15) is 27.4 Å². The van der Waals surface area contributed by atoms with E-state index >= 15 is 0 Å². The van der Waals surface area contributed by atoms with E-state index in [-0.39, 0.29) is 30.7 Å². The van der Waals surface area contributed by atoms with Gasteiger partial charge in [0.1, 0.15) is 0 Å². The van der Waals surface area contributed by atoms with Crippen LogP contribution in [0.2, 0.25) is 15.1 Å². The lowest BCUT2D eigenvalue weighted by atomic mass is 9.97. The largest absolute Gasteiger partial charge is 0.478 e. The lowest BCUT2D eigenvalue weighted by Gasteiger charge is -2.18. The second kappa shape index (κ2) is 8.21. The fourth-order valence-corrected chi connectivity index (χ4v) is 3.36. The van der Waals surface area contributed by atoms with Gasteiger partial charge in [0, 0.05) is 4.47 Å². The molecule has 9 heteroatoms. The molecule has 26 heavy (non-hydrogen) atoms. The van der Waals surface area contributed by atoms with Crippen LogP contribution in [0.15, 0.2) is 40.9 Å². The van der Waals surface area contributed by atoms with Crippen LogP contribution in [0.4, 0.5) is 13.2 Å². The molecule has 2 rings (SSSR count). The van der Waals surface area contributed by atoms with Crippen molar-refractivity contribution in [3.05, 3.63) is 72.6 Å². The Morgan fingerprint density at radius 1 is 1.12 bits per heavy atom. The summed E-state index contributed by atoms with van der Waals surface area (Å²) in [7, 11) is 0. The molecule has 0 spiro atoms. The summed E-state index contributed by atoms with van der Waals surface area (Å²) < 4.78 is 40.7. The van der Waals surface area contributed by atoms with Gasteiger partial charge >= 0.3 is 12.1 Å². The number of hydrogen-bond acceptors (Lipinski definition) is 1. The van der Waals surface area contributed by atoms with E-state index in [0.717, 1.165) is 18.2 Å². The van der Waals surface area contributed by atoms with E-state index in [2.05, 4.69) is 15.9 Å². The van der Waals surface area contributed by atoms with Crippen molar-refractivity contribution in [1.29, 1.82) is 0 Å². The zero-order valence-electron chi connectivity index (χ0n) is 12.6. The van der Waals surface area contributed by atoms with Gasteiger partial charge in [0.05, 0.1) is 26.5 Å². The van der Waals surface area contributed by atoms with Crippen molar-refractivity contribution in [3.63, 3.8) is 0 Å². The second-order valence-corrected chi connectivity index (χ2v) is 7.27. The molecule has 0 saturated heterocycles. The zero-order chi connectivity index (χ0) is 19.6. The van der Waals surface area contributed by atoms with E-state index in [9.17, 15) is 18.0 Å². The van der Waals surface area contributed by atoms with Crippen molar-refractivity contribution < 1.29 is 23.1 Å². The van der Waals surface area contributed by atoms with Gasteiger partial charge in [-0.3, -0.25) is 0 Å². The van der Waals surface area contributed by atoms with Crippen molar-refractivity contribution in [2.75, 3.05) is 0 Å². The molecule has 0 amide bonds. The van der Waals surface area contributed by atoms with E-state index in [4.69, 9.17) is 39.9 Å². The fraction of sp³-hybridized carbons (Fsp3) is 0.118. The summed E-state index contributed by atoms with van der Waals surface area (Å²) in [6.07, 6.45) is -2.40. The Kier molecular flexibility index (Phi) is 6.66. The summed E-state index contributed by atoms with van der Waals surface area (Å²) in [6, 6.07) is 6.34. The van der Waals surface area contributed by atoms with Gasteiger partial charge in [-0.2, -0.15) is 13.2 Å². The summed E-state index contributed by atoms with van der Waals surface area (Å²) in [5.41, 5.74) is 0.238. The number of carbonyl (C=O) groups is 1. The molecule has 1 atom stereocenters. The third-order valence-electron chi connectivity index (χ3n) is 3.42. The highest BCUT2D eigenvalue weighted by atomic mass is 79.9. The molecule has 2 aromatic carbocycles. The molecule has 0 aliphatic carbocycles. The number of aromatic carboxylic acids is 1. The minimum atomic E-state index is -4.59. The molecule has 0 fully saturated rings. The highest BCUT2D eigenvalue weighted by Gasteiger charge is 2.39. The summed E-state index contributed by atoms with van der Waals surface area (Å²) in [6.45, 7) is 0. The Morgan fingerprint density at radius 3 is 2.15 bits per heavy atom. The highest BCUT2D eigenvalue weighted by Crippen LogP contribution is 2.41. The molecule has 0 aliphatic rings. The molecule has 1 N–H and O–H groups in total. The van der Waals surface area contributed by atoms with E-state index < -0.39 is 18.1 Å². The Morgan fingerprint density at radius 2 is 1.69 bits per heavy atom. The monoisotopic (exact) mass is 486 g/mol. The predicted octanol–water partition coefficient (Wildman–Crippen LogP) is 7.47. The van der Waals surface area contributed by atoms with Crippen LogP contribution in [0, 0.1) is 0 Å². The van der Waals surface area contributed by atoms with Crippen molar-refractivity contribution in [2.24, 2.45) is 0 Å². The molecule has 0 radical (unpaired) electrons. The Hall–Kier alpha value is -1.21. The maximum absolute atomic E-state index is 13.5. The van der Waals surface area contributed by atoms with Gasteiger partial charge < -0.3 is 5.11 Å². The maximum atomic E-state index is 13.5. The summed E-state index contributed by atoms with van der Waals surface area (Å²) in [5.74, 6) is -3.11. The molecule has 0 saturated carbocycles. The fourth-order valence-electron chi connectivity index (χ4n) is 2.18. The van der Waals surface area contributed by atoms with E-state index in [1.54, 1.807) is 0 Å². The summed E-state index contributed by atoms with van der Waals surface area (Å²) >= 11 is 20.5. The molecule has 138 valence electrons. The Balaban J connectivity index is 2.42. The lowest BCUT2D eigenvalue weighted by molar-refractivity contribution is -0.139. The maximum Gasteiger partial charge on any atom is 0.399 e. The number of carboxylic acid groups (broad SMARTS) is 1. The number of hydrogen-bond donors (Lipinski definition) is 1. The third kappa shape index (κ3) is 4.94. The molecule has 2 aromatic rings. The average molecular weight is 489 g/mol. The number of rotatable bonds is 4. The predicted molar refractivity (Wildman–Crippen MR) is 100 cm³/mol. The molecular weight excluding hydrogens is 479 g/mol. The number of carboxylic acids is 1. The smallest absolute Gasteiger partial charge is 0.399 e. The first kappa shape index (κ1) is 21.1. The average Bonchev–Trinajstić information content (AvgIpc) is 2.51. The molecule has 2 nitrogen and oxygen atoms in total. The molecule has 0 bridgehead atoms. The zero-order valence-corrected chi connectivity index (χ0v) is 16.5. The third-order valence-corrected chi connectivity index (χ3v) is 5.28. The minimum absolute atomic E-state index is 0.00536. The van der Waals surface area contributed by atoms with Crippen molar-refractivity contribution in [1.82, 2.24) is 0 Å². The second-order valence-electron chi connectivity index (χ2n) is 5.22. The van der Waals surface area contributed by atoms with Gasteiger partial charge in [-0.05, 0) is 51.3 Å². The summed E-state index contributed by atoms with van der Waals surface area (Å²) in [5, 5.41) is 8.80. The SMILES string of the molecule is O=C(O)c1ccc(C=C[C@@H](c2cc(Cl)c(Cl)c(Cl)c2)C(F)(F)F)cc1Br. The van der Waals surface area contributed by atoms with Crippen LogP contribution in [0.25, 0.3) is 6.08 Å². The van der Waals surface area contributed by atoms with Crippen LogP contribution in [0.5, 0.6) is 0 Å². The highest BCUT2D eigenvalue weighted by molar-refractivity contribution is 9.10. The van der Waals surface area contributed by atoms with E-state index in [1.165, 1.54) is 24.3 Å².